The molecule has 0 aromatic heterocycles. The maximum absolute atomic E-state index is 5.00. The lowest BCUT2D eigenvalue weighted by Crippen LogP contribution is -2.33. The van der Waals surface area contributed by atoms with Crippen molar-refractivity contribution in [2.75, 3.05) is 13.6 Å². The summed E-state index contributed by atoms with van der Waals surface area (Å²) in [5.74, 6) is 0.568. The lowest BCUT2D eigenvalue weighted by molar-refractivity contribution is 0.659. The molecule has 82 valence electrons. The van der Waals surface area contributed by atoms with Gasteiger partial charge in [0.05, 0.1) is 0 Å². The van der Waals surface area contributed by atoms with Gasteiger partial charge in [-0.25, -0.2) is 0 Å². The molecule has 2 N–H and O–H groups in total. The third-order valence-electron chi connectivity index (χ3n) is 2.46. The largest absolute Gasteiger partial charge is 0.366 e. The highest BCUT2D eigenvalue weighted by atomic mass is 32.1. The van der Waals surface area contributed by atoms with Crippen molar-refractivity contribution in [3.8, 4) is 0 Å². The minimum absolute atomic E-state index is 0.568. The molecular weight excluding hydrogens is 204 g/mol. The van der Waals surface area contributed by atoms with Crippen molar-refractivity contribution in [3.05, 3.63) is 35.9 Å². The molecule has 1 unspecified atom stereocenters. The minimum Gasteiger partial charge on any atom is -0.366 e. The molecule has 0 saturated carbocycles. The first-order valence-electron chi connectivity index (χ1n) is 5.24. The van der Waals surface area contributed by atoms with Crippen molar-refractivity contribution in [1.29, 1.82) is 0 Å². The maximum Gasteiger partial charge on any atom is 0.166 e. The van der Waals surface area contributed by atoms with Crippen LogP contribution in [0.3, 0.4) is 0 Å². The molecule has 0 spiro atoms. The van der Waals surface area contributed by atoms with Crippen molar-refractivity contribution in [2.24, 2.45) is 0 Å². The molecule has 0 aliphatic rings. The van der Waals surface area contributed by atoms with E-state index in [0.29, 0.717) is 5.92 Å². The first-order valence-corrected chi connectivity index (χ1v) is 5.65. The number of thiocarbonyl (C=S) groups is 1. The molecule has 0 fully saturated rings. The van der Waals surface area contributed by atoms with Crippen molar-refractivity contribution in [1.82, 2.24) is 10.6 Å². The van der Waals surface area contributed by atoms with Crippen LogP contribution >= 0.6 is 12.2 Å². The normalized spacial score (nSPS) is 11.9. The Morgan fingerprint density at radius 1 is 1.33 bits per heavy atom. The number of rotatable bonds is 4. The minimum atomic E-state index is 0.568. The molecular formula is C12H18N2S. The van der Waals surface area contributed by atoms with Crippen LogP contribution in [-0.4, -0.2) is 18.7 Å². The van der Waals surface area contributed by atoms with Crippen molar-refractivity contribution in [2.45, 2.75) is 19.3 Å². The van der Waals surface area contributed by atoms with E-state index >= 15 is 0 Å². The van der Waals surface area contributed by atoms with E-state index in [0.717, 1.165) is 18.1 Å². The zero-order chi connectivity index (χ0) is 11.1. The molecule has 0 aliphatic heterocycles. The Morgan fingerprint density at radius 2 is 2.00 bits per heavy atom. The highest BCUT2D eigenvalue weighted by Gasteiger charge is 2.03. The van der Waals surface area contributed by atoms with Crippen LogP contribution in [0.2, 0.25) is 0 Å². The fraction of sp³-hybridized carbons (Fsp3) is 0.417. The van der Waals surface area contributed by atoms with E-state index in [-0.39, 0.29) is 0 Å². The van der Waals surface area contributed by atoms with Crippen LogP contribution in [0.15, 0.2) is 30.3 Å². The second kappa shape index (κ2) is 6.40. The highest BCUT2D eigenvalue weighted by Crippen LogP contribution is 2.17. The Morgan fingerprint density at radius 3 is 2.60 bits per heavy atom. The molecule has 1 aromatic carbocycles. The summed E-state index contributed by atoms with van der Waals surface area (Å²) in [5, 5.41) is 6.77. The Bertz CT molecular complexity index is 298. The number of nitrogens with one attached hydrogen (secondary N) is 2. The summed E-state index contributed by atoms with van der Waals surface area (Å²) >= 11 is 5.00. The molecule has 3 heteroatoms. The van der Waals surface area contributed by atoms with E-state index in [4.69, 9.17) is 12.2 Å². The van der Waals surface area contributed by atoms with Gasteiger partial charge in [-0.15, -0.1) is 0 Å². The Hall–Kier alpha value is -1.09. The molecule has 0 aliphatic carbocycles. The SMILES string of the molecule is CNC(=S)NCCC(C)c1ccccc1. The third kappa shape index (κ3) is 4.30. The second-order valence-electron chi connectivity index (χ2n) is 3.61. The van der Waals surface area contributed by atoms with Crippen LogP contribution < -0.4 is 10.6 Å². The van der Waals surface area contributed by atoms with E-state index in [2.05, 4.69) is 41.8 Å². The van der Waals surface area contributed by atoms with Gasteiger partial charge >= 0.3 is 0 Å². The Labute approximate surface area is 97.1 Å². The van der Waals surface area contributed by atoms with Gasteiger partial charge in [0.2, 0.25) is 0 Å². The van der Waals surface area contributed by atoms with Gasteiger partial charge in [-0.05, 0) is 30.1 Å². The molecule has 0 bridgehead atoms. The molecule has 2 nitrogen and oxygen atoms in total. The summed E-state index contributed by atoms with van der Waals surface area (Å²) in [5.41, 5.74) is 1.38. The van der Waals surface area contributed by atoms with E-state index in [1.807, 2.05) is 13.1 Å². The van der Waals surface area contributed by atoms with Crippen LogP contribution in [0.5, 0.6) is 0 Å². The third-order valence-corrected chi connectivity index (χ3v) is 2.81. The fourth-order valence-corrected chi connectivity index (χ4v) is 1.54. The predicted octanol–water partition coefficient (Wildman–Crippen LogP) is 2.27. The van der Waals surface area contributed by atoms with Crippen LogP contribution in [-0.2, 0) is 0 Å². The zero-order valence-electron chi connectivity index (χ0n) is 9.29. The number of benzene rings is 1. The summed E-state index contributed by atoms with van der Waals surface area (Å²) < 4.78 is 0. The smallest absolute Gasteiger partial charge is 0.166 e. The van der Waals surface area contributed by atoms with Crippen LogP contribution in [0.1, 0.15) is 24.8 Å². The molecule has 0 amide bonds. The maximum atomic E-state index is 5.00. The standard InChI is InChI=1S/C12H18N2S/c1-10(8-9-14-12(15)13-2)11-6-4-3-5-7-11/h3-7,10H,8-9H2,1-2H3,(H2,13,14,15). The Kier molecular flexibility index (Phi) is 5.12. The molecule has 1 aromatic rings. The van der Waals surface area contributed by atoms with Gasteiger partial charge in [-0.1, -0.05) is 37.3 Å². The number of hydrogen-bond donors (Lipinski definition) is 2. The summed E-state index contributed by atoms with van der Waals surface area (Å²) in [4.78, 5) is 0. The number of hydrogen-bond acceptors (Lipinski definition) is 1. The zero-order valence-corrected chi connectivity index (χ0v) is 10.1. The quantitative estimate of drug-likeness (QED) is 0.764. The van der Waals surface area contributed by atoms with Crippen LogP contribution in [0.25, 0.3) is 0 Å². The van der Waals surface area contributed by atoms with E-state index < -0.39 is 0 Å². The lowest BCUT2D eigenvalue weighted by Gasteiger charge is -2.13. The van der Waals surface area contributed by atoms with Gasteiger partial charge in [0.1, 0.15) is 0 Å². The van der Waals surface area contributed by atoms with Gasteiger partial charge in [0.25, 0.3) is 0 Å². The van der Waals surface area contributed by atoms with Gasteiger partial charge in [0.15, 0.2) is 5.11 Å². The van der Waals surface area contributed by atoms with Gasteiger partial charge in [0, 0.05) is 13.6 Å². The van der Waals surface area contributed by atoms with Crippen LogP contribution in [0.4, 0.5) is 0 Å². The van der Waals surface area contributed by atoms with Gasteiger partial charge in [-0.3, -0.25) is 0 Å². The summed E-state index contributed by atoms with van der Waals surface area (Å²) in [6, 6.07) is 10.5. The fourth-order valence-electron chi connectivity index (χ4n) is 1.44. The van der Waals surface area contributed by atoms with Crippen molar-refractivity contribution >= 4 is 17.3 Å². The average molecular weight is 222 g/mol. The molecule has 1 rings (SSSR count). The average Bonchev–Trinajstić information content (AvgIpc) is 2.29. The molecule has 0 saturated heterocycles. The van der Waals surface area contributed by atoms with Gasteiger partial charge in [-0.2, -0.15) is 0 Å². The predicted molar refractivity (Wildman–Crippen MR) is 69.1 cm³/mol. The molecule has 0 heterocycles. The summed E-state index contributed by atoms with van der Waals surface area (Å²) in [6.45, 7) is 3.15. The monoisotopic (exact) mass is 222 g/mol. The Balaban J connectivity index is 2.31. The van der Waals surface area contributed by atoms with Crippen LogP contribution in [0, 0.1) is 0 Å². The molecule has 0 radical (unpaired) electrons. The van der Waals surface area contributed by atoms with Crippen molar-refractivity contribution < 1.29 is 0 Å². The van der Waals surface area contributed by atoms with Crippen molar-refractivity contribution in [3.63, 3.8) is 0 Å². The van der Waals surface area contributed by atoms with E-state index in [1.54, 1.807) is 0 Å². The first-order chi connectivity index (χ1) is 7.24. The van der Waals surface area contributed by atoms with E-state index in [1.165, 1.54) is 5.56 Å². The lowest BCUT2D eigenvalue weighted by atomic mass is 9.98. The molecule has 15 heavy (non-hydrogen) atoms. The van der Waals surface area contributed by atoms with Gasteiger partial charge < -0.3 is 10.6 Å². The van der Waals surface area contributed by atoms with E-state index in [9.17, 15) is 0 Å². The first kappa shape index (κ1) is 12.0. The molecule has 1 atom stereocenters. The summed E-state index contributed by atoms with van der Waals surface area (Å²) in [6.07, 6.45) is 1.09. The highest BCUT2D eigenvalue weighted by molar-refractivity contribution is 7.80. The summed E-state index contributed by atoms with van der Waals surface area (Å²) in [7, 11) is 1.83. The second-order valence-corrected chi connectivity index (χ2v) is 4.01. The topological polar surface area (TPSA) is 24.1 Å².